The maximum Gasteiger partial charge on any atom is 0.132 e. The average molecular weight is 305 g/mol. The molecule has 0 amide bonds. The third-order valence-electron chi connectivity index (χ3n) is 3.15. The van der Waals surface area contributed by atoms with Crippen LogP contribution >= 0.6 is 15.9 Å². The number of hydrogen-bond donors (Lipinski definition) is 0. The summed E-state index contributed by atoms with van der Waals surface area (Å²) in [5.74, 6) is 0.451. The van der Waals surface area contributed by atoms with Gasteiger partial charge in [-0.15, -0.1) is 0 Å². The standard InChI is InChI=1S/C15H29BrO/c1-2-3-4-5-6-7-8-9-10-12-15(17)13-11-14-16/h2-14H2,1H3. The van der Waals surface area contributed by atoms with Crippen LogP contribution in [0, 0.1) is 0 Å². The first kappa shape index (κ1) is 17.2. The Labute approximate surface area is 116 Å². The second-order valence-electron chi connectivity index (χ2n) is 4.91. The molecule has 0 aliphatic rings. The van der Waals surface area contributed by atoms with Crippen molar-refractivity contribution >= 4 is 21.7 Å². The second-order valence-corrected chi connectivity index (χ2v) is 5.70. The van der Waals surface area contributed by atoms with Crippen LogP contribution in [0.4, 0.5) is 0 Å². The van der Waals surface area contributed by atoms with Crippen molar-refractivity contribution in [1.29, 1.82) is 0 Å². The van der Waals surface area contributed by atoms with Gasteiger partial charge in [0.15, 0.2) is 0 Å². The van der Waals surface area contributed by atoms with Crippen LogP contribution in [0.1, 0.15) is 84.0 Å². The highest BCUT2D eigenvalue weighted by atomic mass is 79.9. The smallest absolute Gasteiger partial charge is 0.132 e. The SMILES string of the molecule is CCCCCCCCCCCC(=O)CCCBr. The summed E-state index contributed by atoms with van der Waals surface area (Å²) < 4.78 is 0. The number of rotatable bonds is 13. The number of carbonyl (C=O) groups excluding carboxylic acids is 1. The molecule has 0 N–H and O–H groups in total. The minimum Gasteiger partial charge on any atom is -0.300 e. The van der Waals surface area contributed by atoms with Crippen molar-refractivity contribution in [3.8, 4) is 0 Å². The zero-order chi connectivity index (χ0) is 12.8. The molecule has 0 atom stereocenters. The van der Waals surface area contributed by atoms with Gasteiger partial charge in [0.2, 0.25) is 0 Å². The van der Waals surface area contributed by atoms with Crippen molar-refractivity contribution in [2.75, 3.05) is 5.33 Å². The Kier molecular flexibility index (Phi) is 14.3. The summed E-state index contributed by atoms with van der Waals surface area (Å²) in [4.78, 5) is 11.4. The van der Waals surface area contributed by atoms with E-state index in [9.17, 15) is 4.79 Å². The Morgan fingerprint density at radius 1 is 0.765 bits per heavy atom. The summed E-state index contributed by atoms with van der Waals surface area (Å²) in [5, 5.41) is 0.955. The molecular weight excluding hydrogens is 276 g/mol. The van der Waals surface area contributed by atoms with Gasteiger partial charge in [-0.2, -0.15) is 0 Å². The van der Waals surface area contributed by atoms with Crippen molar-refractivity contribution < 1.29 is 4.79 Å². The molecule has 0 aliphatic carbocycles. The third-order valence-corrected chi connectivity index (χ3v) is 3.71. The fourth-order valence-corrected chi connectivity index (χ4v) is 2.30. The van der Waals surface area contributed by atoms with Crippen LogP contribution in [0.5, 0.6) is 0 Å². The maximum atomic E-state index is 11.4. The molecule has 2 heteroatoms. The molecular formula is C15H29BrO. The fraction of sp³-hybridized carbons (Fsp3) is 0.933. The van der Waals surface area contributed by atoms with Gasteiger partial charge >= 0.3 is 0 Å². The van der Waals surface area contributed by atoms with E-state index < -0.39 is 0 Å². The Bertz CT molecular complexity index is 168. The lowest BCUT2D eigenvalue weighted by Gasteiger charge is -2.02. The summed E-state index contributed by atoms with van der Waals surface area (Å²) >= 11 is 3.35. The number of unbranched alkanes of at least 4 members (excludes halogenated alkanes) is 8. The van der Waals surface area contributed by atoms with Crippen LogP contribution in [0.15, 0.2) is 0 Å². The lowest BCUT2D eigenvalue weighted by Crippen LogP contribution is -1.97. The quantitative estimate of drug-likeness (QED) is 0.317. The zero-order valence-corrected chi connectivity index (χ0v) is 13.1. The fourth-order valence-electron chi connectivity index (χ4n) is 2.02. The van der Waals surface area contributed by atoms with Crippen LogP contribution < -0.4 is 0 Å². The van der Waals surface area contributed by atoms with E-state index in [1.54, 1.807) is 0 Å². The first-order valence-corrected chi connectivity index (χ1v) is 8.51. The zero-order valence-electron chi connectivity index (χ0n) is 11.5. The molecule has 0 saturated carbocycles. The van der Waals surface area contributed by atoms with Gasteiger partial charge in [-0.1, -0.05) is 74.2 Å². The minimum atomic E-state index is 0.451. The van der Waals surface area contributed by atoms with Gasteiger partial charge in [0, 0.05) is 18.2 Å². The van der Waals surface area contributed by atoms with E-state index in [1.807, 2.05) is 0 Å². The van der Waals surface area contributed by atoms with Gasteiger partial charge in [0.25, 0.3) is 0 Å². The van der Waals surface area contributed by atoms with Crippen LogP contribution in [-0.2, 0) is 4.79 Å². The topological polar surface area (TPSA) is 17.1 Å². The number of alkyl halides is 1. The lowest BCUT2D eigenvalue weighted by molar-refractivity contribution is -0.119. The van der Waals surface area contributed by atoms with E-state index >= 15 is 0 Å². The molecule has 1 nitrogen and oxygen atoms in total. The van der Waals surface area contributed by atoms with E-state index in [2.05, 4.69) is 22.9 Å². The highest BCUT2D eigenvalue weighted by molar-refractivity contribution is 9.09. The predicted octanol–water partition coefficient (Wildman–Crippen LogP) is 5.65. The van der Waals surface area contributed by atoms with Gasteiger partial charge < -0.3 is 0 Å². The largest absolute Gasteiger partial charge is 0.300 e. The lowest BCUT2D eigenvalue weighted by atomic mass is 10.0. The first-order chi connectivity index (χ1) is 8.31. The molecule has 0 radical (unpaired) electrons. The van der Waals surface area contributed by atoms with Crippen LogP contribution in [0.2, 0.25) is 0 Å². The molecule has 0 saturated heterocycles. The summed E-state index contributed by atoms with van der Waals surface area (Å²) in [6, 6.07) is 0. The maximum absolute atomic E-state index is 11.4. The van der Waals surface area contributed by atoms with E-state index in [1.165, 1.54) is 51.4 Å². The minimum absolute atomic E-state index is 0.451. The molecule has 0 bridgehead atoms. The molecule has 0 aromatic rings. The normalized spacial score (nSPS) is 10.7. The van der Waals surface area contributed by atoms with Crippen molar-refractivity contribution in [2.45, 2.75) is 84.0 Å². The van der Waals surface area contributed by atoms with Crippen molar-refractivity contribution in [3.63, 3.8) is 0 Å². The molecule has 0 fully saturated rings. The van der Waals surface area contributed by atoms with Gasteiger partial charge in [0.1, 0.15) is 5.78 Å². The van der Waals surface area contributed by atoms with Crippen molar-refractivity contribution in [2.24, 2.45) is 0 Å². The first-order valence-electron chi connectivity index (χ1n) is 7.39. The molecule has 0 unspecified atom stereocenters. The van der Waals surface area contributed by atoms with Gasteiger partial charge in [-0.25, -0.2) is 0 Å². The van der Waals surface area contributed by atoms with E-state index in [4.69, 9.17) is 0 Å². The predicted molar refractivity (Wildman–Crippen MR) is 79.9 cm³/mol. The molecule has 0 spiro atoms. The molecule has 0 aromatic heterocycles. The highest BCUT2D eigenvalue weighted by Gasteiger charge is 2.00. The Morgan fingerprint density at radius 3 is 1.76 bits per heavy atom. The summed E-state index contributed by atoms with van der Waals surface area (Å²) in [5.41, 5.74) is 0. The van der Waals surface area contributed by atoms with E-state index in [0.717, 1.165) is 31.0 Å². The molecule has 0 rings (SSSR count). The summed E-state index contributed by atoms with van der Waals surface area (Å²) in [7, 11) is 0. The van der Waals surface area contributed by atoms with Crippen LogP contribution in [0.3, 0.4) is 0 Å². The molecule has 17 heavy (non-hydrogen) atoms. The third kappa shape index (κ3) is 14.1. The number of halogens is 1. The van der Waals surface area contributed by atoms with Crippen LogP contribution in [-0.4, -0.2) is 11.1 Å². The van der Waals surface area contributed by atoms with E-state index in [0.29, 0.717) is 5.78 Å². The average Bonchev–Trinajstić information content (AvgIpc) is 2.34. The number of Topliss-reactive ketones (excluding diaryl/α,β-unsaturated/α-hetero) is 1. The second kappa shape index (κ2) is 14.2. The molecule has 0 heterocycles. The number of carbonyl (C=O) groups is 1. The van der Waals surface area contributed by atoms with E-state index in [-0.39, 0.29) is 0 Å². The molecule has 0 aliphatic heterocycles. The van der Waals surface area contributed by atoms with Crippen molar-refractivity contribution in [1.82, 2.24) is 0 Å². The highest BCUT2D eigenvalue weighted by Crippen LogP contribution is 2.11. The van der Waals surface area contributed by atoms with Gasteiger partial charge in [0.05, 0.1) is 0 Å². The summed E-state index contributed by atoms with van der Waals surface area (Å²) in [6.07, 6.45) is 14.5. The van der Waals surface area contributed by atoms with Gasteiger partial charge in [-0.3, -0.25) is 4.79 Å². The number of ketones is 1. The number of hydrogen-bond acceptors (Lipinski definition) is 1. The van der Waals surface area contributed by atoms with Gasteiger partial charge in [-0.05, 0) is 12.8 Å². The Morgan fingerprint density at radius 2 is 1.24 bits per heavy atom. The molecule has 102 valence electrons. The summed E-state index contributed by atoms with van der Waals surface area (Å²) in [6.45, 7) is 2.26. The van der Waals surface area contributed by atoms with Crippen LogP contribution in [0.25, 0.3) is 0 Å². The Balaban J connectivity index is 3.05. The molecule has 0 aromatic carbocycles. The van der Waals surface area contributed by atoms with Crippen molar-refractivity contribution in [3.05, 3.63) is 0 Å². The Hall–Kier alpha value is 0.150. The monoisotopic (exact) mass is 304 g/mol.